The molecule has 0 spiro atoms. The van der Waals surface area contributed by atoms with Crippen LogP contribution in [-0.4, -0.2) is 28.2 Å². The molecule has 0 bridgehead atoms. The minimum Gasteiger partial charge on any atom is -0.381 e. The van der Waals surface area contributed by atoms with Crippen molar-refractivity contribution in [2.75, 3.05) is 19.8 Å². The van der Waals surface area contributed by atoms with Gasteiger partial charge in [-0.05, 0) is 37.3 Å². The zero-order valence-corrected chi connectivity index (χ0v) is 12.6. The van der Waals surface area contributed by atoms with Crippen LogP contribution in [0.3, 0.4) is 0 Å². The lowest BCUT2D eigenvalue weighted by Gasteiger charge is -2.21. The number of ether oxygens (including phenoxy) is 1. The average molecular weight is 304 g/mol. The maximum Gasteiger partial charge on any atom is 0.250 e. The van der Waals surface area contributed by atoms with Gasteiger partial charge < -0.3 is 10.5 Å². The van der Waals surface area contributed by atoms with E-state index in [4.69, 9.17) is 10.5 Å². The highest BCUT2D eigenvalue weighted by molar-refractivity contribution is 7.91. The molecule has 108 valence electrons. The van der Waals surface area contributed by atoms with Gasteiger partial charge in [0.1, 0.15) is 4.21 Å². The lowest BCUT2D eigenvalue weighted by Crippen LogP contribution is -2.32. The standard InChI is InChI=1S/C12H20N2O3S2/c1-9-5-12(18-11(9)6-13)19(15,16)14-7-10-3-2-4-17-8-10/h5,10,14H,2-4,6-8,13H2,1H3. The van der Waals surface area contributed by atoms with Crippen molar-refractivity contribution in [1.82, 2.24) is 4.72 Å². The van der Waals surface area contributed by atoms with Crippen LogP contribution in [-0.2, 0) is 21.3 Å². The zero-order valence-electron chi connectivity index (χ0n) is 11.0. The molecule has 0 aliphatic carbocycles. The number of sulfonamides is 1. The molecule has 1 atom stereocenters. The lowest BCUT2D eigenvalue weighted by atomic mass is 10.0. The van der Waals surface area contributed by atoms with E-state index in [1.54, 1.807) is 6.07 Å². The summed E-state index contributed by atoms with van der Waals surface area (Å²) in [6, 6.07) is 1.69. The number of aryl methyl sites for hydroxylation is 1. The Kier molecular flexibility index (Phi) is 4.97. The molecule has 7 heteroatoms. The van der Waals surface area contributed by atoms with Crippen molar-refractivity contribution in [3.05, 3.63) is 16.5 Å². The van der Waals surface area contributed by atoms with E-state index < -0.39 is 10.0 Å². The van der Waals surface area contributed by atoms with E-state index in [1.807, 2.05) is 6.92 Å². The first-order valence-electron chi connectivity index (χ1n) is 6.39. The number of nitrogens with one attached hydrogen (secondary N) is 1. The number of hydrogen-bond acceptors (Lipinski definition) is 5. The number of hydrogen-bond donors (Lipinski definition) is 2. The smallest absolute Gasteiger partial charge is 0.250 e. The minimum atomic E-state index is -3.41. The Morgan fingerprint density at radius 2 is 2.37 bits per heavy atom. The number of rotatable bonds is 5. The van der Waals surface area contributed by atoms with E-state index in [1.165, 1.54) is 11.3 Å². The second-order valence-electron chi connectivity index (χ2n) is 4.81. The summed E-state index contributed by atoms with van der Waals surface area (Å²) < 4.78 is 32.7. The molecule has 1 fully saturated rings. The first kappa shape index (κ1) is 14.9. The van der Waals surface area contributed by atoms with Gasteiger partial charge in [0, 0.05) is 24.6 Å². The summed E-state index contributed by atoms with van der Waals surface area (Å²) >= 11 is 1.25. The maximum absolute atomic E-state index is 12.2. The predicted octanol–water partition coefficient (Wildman–Crippen LogP) is 1.22. The molecule has 0 amide bonds. The second kappa shape index (κ2) is 6.32. The van der Waals surface area contributed by atoms with Crippen molar-refractivity contribution >= 4 is 21.4 Å². The van der Waals surface area contributed by atoms with Crippen LogP contribution in [0.15, 0.2) is 10.3 Å². The fourth-order valence-corrected chi connectivity index (χ4v) is 4.72. The van der Waals surface area contributed by atoms with Crippen LogP contribution < -0.4 is 10.5 Å². The zero-order chi connectivity index (χ0) is 13.9. The largest absolute Gasteiger partial charge is 0.381 e. The van der Waals surface area contributed by atoms with E-state index in [0.717, 1.165) is 29.9 Å². The highest BCUT2D eigenvalue weighted by Gasteiger charge is 2.21. The van der Waals surface area contributed by atoms with Gasteiger partial charge in [-0.15, -0.1) is 11.3 Å². The molecule has 2 heterocycles. The normalized spacial score (nSPS) is 20.6. The van der Waals surface area contributed by atoms with Gasteiger partial charge in [-0.2, -0.15) is 0 Å². The molecule has 3 N–H and O–H groups in total. The van der Waals surface area contributed by atoms with Crippen LogP contribution in [0, 0.1) is 12.8 Å². The molecule has 1 aromatic rings. The fraction of sp³-hybridized carbons (Fsp3) is 0.667. The molecule has 1 saturated heterocycles. The Balaban J connectivity index is 2.00. The highest BCUT2D eigenvalue weighted by atomic mass is 32.2. The van der Waals surface area contributed by atoms with Gasteiger partial charge in [0.05, 0.1) is 6.61 Å². The molecular weight excluding hydrogens is 284 g/mol. The van der Waals surface area contributed by atoms with Crippen molar-refractivity contribution in [2.45, 2.75) is 30.5 Å². The molecule has 1 unspecified atom stereocenters. The van der Waals surface area contributed by atoms with Gasteiger partial charge >= 0.3 is 0 Å². The summed E-state index contributed by atoms with van der Waals surface area (Å²) in [5.74, 6) is 0.276. The SMILES string of the molecule is Cc1cc(S(=O)(=O)NCC2CCCOC2)sc1CN. The summed E-state index contributed by atoms with van der Waals surface area (Å²) in [5, 5.41) is 0. The molecule has 0 radical (unpaired) electrons. The van der Waals surface area contributed by atoms with Gasteiger partial charge in [0.25, 0.3) is 0 Å². The first-order chi connectivity index (χ1) is 9.03. The molecular formula is C12H20N2O3S2. The van der Waals surface area contributed by atoms with Crippen LogP contribution in [0.2, 0.25) is 0 Å². The van der Waals surface area contributed by atoms with E-state index in [-0.39, 0.29) is 5.92 Å². The predicted molar refractivity (Wildman–Crippen MR) is 75.7 cm³/mol. The third-order valence-electron chi connectivity index (χ3n) is 3.26. The van der Waals surface area contributed by atoms with Gasteiger partial charge in [0.2, 0.25) is 10.0 Å². The summed E-state index contributed by atoms with van der Waals surface area (Å²) in [6.45, 7) is 4.12. The lowest BCUT2D eigenvalue weighted by molar-refractivity contribution is 0.0568. The van der Waals surface area contributed by atoms with Crippen LogP contribution in [0.25, 0.3) is 0 Å². The number of thiophene rings is 1. The molecule has 2 rings (SSSR count). The second-order valence-corrected chi connectivity index (χ2v) is 7.94. The van der Waals surface area contributed by atoms with Gasteiger partial charge in [-0.1, -0.05) is 0 Å². The molecule has 0 aromatic carbocycles. The molecule has 0 saturated carbocycles. The summed E-state index contributed by atoms with van der Waals surface area (Å²) in [4.78, 5) is 0.918. The third kappa shape index (κ3) is 3.76. The fourth-order valence-electron chi connectivity index (χ4n) is 2.09. The Labute approximate surface area is 118 Å². The van der Waals surface area contributed by atoms with Crippen LogP contribution in [0.5, 0.6) is 0 Å². The molecule has 1 aromatic heterocycles. The highest BCUT2D eigenvalue weighted by Crippen LogP contribution is 2.25. The molecule has 1 aliphatic rings. The van der Waals surface area contributed by atoms with Crippen LogP contribution >= 0.6 is 11.3 Å². The molecule has 1 aliphatic heterocycles. The monoisotopic (exact) mass is 304 g/mol. The quantitative estimate of drug-likeness (QED) is 0.857. The van der Waals surface area contributed by atoms with E-state index in [0.29, 0.717) is 23.9 Å². The van der Waals surface area contributed by atoms with E-state index in [2.05, 4.69) is 4.72 Å². The van der Waals surface area contributed by atoms with Crippen molar-refractivity contribution in [3.8, 4) is 0 Å². The van der Waals surface area contributed by atoms with Crippen molar-refractivity contribution < 1.29 is 13.2 Å². The summed E-state index contributed by atoms with van der Waals surface area (Å²) in [5.41, 5.74) is 6.52. The number of nitrogens with two attached hydrogens (primary N) is 1. The Hall–Kier alpha value is -0.470. The van der Waals surface area contributed by atoms with Crippen molar-refractivity contribution in [2.24, 2.45) is 11.7 Å². The van der Waals surface area contributed by atoms with Gasteiger partial charge in [-0.3, -0.25) is 0 Å². The first-order valence-corrected chi connectivity index (χ1v) is 8.69. The summed E-state index contributed by atoms with van der Waals surface area (Å²) in [6.07, 6.45) is 2.02. The Morgan fingerprint density at radius 1 is 1.58 bits per heavy atom. The minimum absolute atomic E-state index is 0.276. The summed E-state index contributed by atoms with van der Waals surface area (Å²) in [7, 11) is -3.41. The topological polar surface area (TPSA) is 81.4 Å². The van der Waals surface area contributed by atoms with E-state index in [9.17, 15) is 8.42 Å². The van der Waals surface area contributed by atoms with Gasteiger partial charge in [0.15, 0.2) is 0 Å². The average Bonchev–Trinajstić information content (AvgIpc) is 2.80. The Morgan fingerprint density at radius 3 is 2.95 bits per heavy atom. The van der Waals surface area contributed by atoms with Gasteiger partial charge in [-0.25, -0.2) is 13.1 Å². The van der Waals surface area contributed by atoms with Crippen LogP contribution in [0.4, 0.5) is 0 Å². The molecule has 19 heavy (non-hydrogen) atoms. The van der Waals surface area contributed by atoms with Crippen LogP contribution in [0.1, 0.15) is 23.3 Å². The van der Waals surface area contributed by atoms with Crippen molar-refractivity contribution in [3.63, 3.8) is 0 Å². The molecule has 5 nitrogen and oxygen atoms in total. The Bertz CT molecular complexity index is 519. The van der Waals surface area contributed by atoms with Crippen molar-refractivity contribution in [1.29, 1.82) is 0 Å². The maximum atomic E-state index is 12.2. The third-order valence-corrected chi connectivity index (χ3v) is 6.42. The van der Waals surface area contributed by atoms with E-state index >= 15 is 0 Å².